The molecule has 3 rings (SSSR count). The lowest BCUT2D eigenvalue weighted by atomic mass is 10.2. The van der Waals surface area contributed by atoms with Crippen molar-refractivity contribution in [2.45, 2.75) is 0 Å². The number of piperazine rings is 1. The summed E-state index contributed by atoms with van der Waals surface area (Å²) in [6, 6.07) is 10.9. The number of para-hydroxylation sites is 1. The van der Waals surface area contributed by atoms with E-state index in [0.717, 1.165) is 0 Å². The molecule has 0 aromatic heterocycles. The van der Waals surface area contributed by atoms with Crippen molar-refractivity contribution in [1.82, 2.24) is 4.90 Å². The Morgan fingerprint density at radius 1 is 1.00 bits per heavy atom. The van der Waals surface area contributed by atoms with Crippen molar-refractivity contribution in [2.75, 3.05) is 37.7 Å². The first-order chi connectivity index (χ1) is 12.9. The molecule has 1 fully saturated rings. The van der Waals surface area contributed by atoms with Crippen LogP contribution < -0.4 is 4.90 Å². The number of anilines is 1. The maximum atomic E-state index is 13.9. The van der Waals surface area contributed by atoms with Gasteiger partial charge in [0.15, 0.2) is 6.61 Å². The topological polar surface area (TPSA) is 49.9 Å². The number of carbonyl (C=O) groups is 2. The number of rotatable bonds is 4. The van der Waals surface area contributed by atoms with Crippen LogP contribution in [0.15, 0.2) is 42.5 Å². The minimum Gasteiger partial charge on any atom is -0.452 e. The highest BCUT2D eigenvalue weighted by Gasteiger charge is 2.23. The van der Waals surface area contributed by atoms with Crippen molar-refractivity contribution in [3.05, 3.63) is 63.9 Å². The summed E-state index contributed by atoms with van der Waals surface area (Å²) in [6.45, 7) is 1.49. The van der Waals surface area contributed by atoms with E-state index in [0.29, 0.717) is 41.9 Å². The Bertz CT molecular complexity index is 834. The number of halogens is 3. The largest absolute Gasteiger partial charge is 0.452 e. The standard InChI is InChI=1S/C19H17Cl2FN2O3/c20-14-9-13(10-15(21)11-14)19(26)27-12-18(25)24-7-5-23(6-8-24)17-4-2-1-3-16(17)22/h1-4,9-11H,5-8,12H2. The molecule has 8 heteroatoms. The van der Waals surface area contributed by atoms with Gasteiger partial charge in [0.25, 0.3) is 5.91 Å². The van der Waals surface area contributed by atoms with Gasteiger partial charge in [-0.3, -0.25) is 4.79 Å². The summed E-state index contributed by atoms with van der Waals surface area (Å²) in [6.07, 6.45) is 0. The second-order valence-electron chi connectivity index (χ2n) is 6.05. The fourth-order valence-corrected chi connectivity index (χ4v) is 3.40. The van der Waals surface area contributed by atoms with E-state index in [1.54, 1.807) is 23.1 Å². The van der Waals surface area contributed by atoms with Gasteiger partial charge in [0.1, 0.15) is 5.82 Å². The molecule has 2 aromatic carbocycles. The van der Waals surface area contributed by atoms with Crippen LogP contribution in [0.1, 0.15) is 10.4 Å². The number of nitrogens with zero attached hydrogens (tertiary/aromatic N) is 2. The SMILES string of the molecule is O=C(OCC(=O)N1CCN(c2ccccc2F)CC1)c1cc(Cl)cc(Cl)c1. The van der Waals surface area contributed by atoms with Crippen molar-refractivity contribution in [2.24, 2.45) is 0 Å². The van der Waals surface area contributed by atoms with Gasteiger partial charge in [-0.25, -0.2) is 9.18 Å². The van der Waals surface area contributed by atoms with Gasteiger partial charge in [0.2, 0.25) is 0 Å². The molecule has 0 unspecified atom stereocenters. The predicted octanol–water partition coefficient (Wildman–Crippen LogP) is 3.64. The average molecular weight is 411 g/mol. The normalized spacial score (nSPS) is 14.2. The van der Waals surface area contributed by atoms with E-state index in [1.165, 1.54) is 24.3 Å². The van der Waals surface area contributed by atoms with Crippen LogP contribution in [0.25, 0.3) is 0 Å². The van der Waals surface area contributed by atoms with Gasteiger partial charge < -0.3 is 14.5 Å². The van der Waals surface area contributed by atoms with E-state index < -0.39 is 5.97 Å². The first-order valence-corrected chi connectivity index (χ1v) is 9.10. The minimum atomic E-state index is -0.669. The molecule has 2 aromatic rings. The molecule has 5 nitrogen and oxygen atoms in total. The number of carbonyl (C=O) groups excluding carboxylic acids is 2. The average Bonchev–Trinajstić information content (AvgIpc) is 2.65. The Labute approximate surface area is 166 Å². The van der Waals surface area contributed by atoms with Crippen LogP contribution in [0.3, 0.4) is 0 Å². The summed E-state index contributed by atoms with van der Waals surface area (Å²) in [5.41, 5.74) is 0.707. The smallest absolute Gasteiger partial charge is 0.338 e. The molecule has 0 N–H and O–H groups in total. The van der Waals surface area contributed by atoms with Crippen molar-refractivity contribution in [3.63, 3.8) is 0 Å². The number of amides is 1. The number of ether oxygens (including phenoxy) is 1. The number of hydrogen-bond acceptors (Lipinski definition) is 4. The molecule has 0 bridgehead atoms. The van der Waals surface area contributed by atoms with E-state index in [2.05, 4.69) is 0 Å². The fourth-order valence-electron chi connectivity index (χ4n) is 2.88. The van der Waals surface area contributed by atoms with Crippen LogP contribution in [0.2, 0.25) is 10.0 Å². The molecule has 1 heterocycles. The molecular formula is C19H17Cl2FN2O3. The molecule has 1 aliphatic rings. The maximum absolute atomic E-state index is 13.9. The Morgan fingerprint density at radius 3 is 2.26 bits per heavy atom. The van der Waals surface area contributed by atoms with Gasteiger partial charge >= 0.3 is 5.97 Å². The Kier molecular flexibility index (Phi) is 6.19. The lowest BCUT2D eigenvalue weighted by Crippen LogP contribution is -2.50. The fraction of sp³-hybridized carbons (Fsp3) is 0.263. The number of hydrogen-bond donors (Lipinski definition) is 0. The van der Waals surface area contributed by atoms with E-state index in [4.69, 9.17) is 27.9 Å². The quantitative estimate of drug-likeness (QED) is 0.721. The van der Waals surface area contributed by atoms with E-state index in [9.17, 15) is 14.0 Å². The molecule has 142 valence electrons. The van der Waals surface area contributed by atoms with E-state index >= 15 is 0 Å². The first-order valence-electron chi connectivity index (χ1n) is 8.34. The minimum absolute atomic E-state index is 0.185. The lowest BCUT2D eigenvalue weighted by Gasteiger charge is -2.36. The van der Waals surface area contributed by atoms with Crippen LogP contribution in [-0.2, 0) is 9.53 Å². The summed E-state index contributed by atoms with van der Waals surface area (Å²) < 4.78 is 18.9. The van der Waals surface area contributed by atoms with Gasteiger partial charge in [-0.05, 0) is 30.3 Å². The number of esters is 1. The van der Waals surface area contributed by atoms with Gasteiger partial charge in [-0.15, -0.1) is 0 Å². The van der Waals surface area contributed by atoms with Crippen LogP contribution >= 0.6 is 23.2 Å². The Hall–Kier alpha value is -2.31. The highest BCUT2D eigenvalue weighted by Crippen LogP contribution is 2.21. The highest BCUT2D eigenvalue weighted by atomic mass is 35.5. The third-order valence-electron chi connectivity index (χ3n) is 4.25. The van der Waals surface area contributed by atoms with E-state index in [-0.39, 0.29) is 23.9 Å². The lowest BCUT2D eigenvalue weighted by molar-refractivity contribution is -0.134. The molecule has 1 saturated heterocycles. The van der Waals surface area contributed by atoms with Crippen molar-refractivity contribution in [3.8, 4) is 0 Å². The summed E-state index contributed by atoms with van der Waals surface area (Å²) >= 11 is 11.7. The Balaban J connectivity index is 1.51. The van der Waals surface area contributed by atoms with Crippen LogP contribution in [-0.4, -0.2) is 49.6 Å². The third-order valence-corrected chi connectivity index (χ3v) is 4.69. The van der Waals surface area contributed by atoms with Gasteiger partial charge in [-0.1, -0.05) is 35.3 Å². The Morgan fingerprint density at radius 2 is 1.63 bits per heavy atom. The second-order valence-corrected chi connectivity index (χ2v) is 6.93. The predicted molar refractivity (Wildman–Crippen MR) is 102 cm³/mol. The summed E-state index contributed by atoms with van der Waals surface area (Å²) in [7, 11) is 0. The molecule has 27 heavy (non-hydrogen) atoms. The highest BCUT2D eigenvalue weighted by molar-refractivity contribution is 6.35. The summed E-state index contributed by atoms with van der Waals surface area (Å²) in [5.74, 6) is -1.26. The zero-order valence-electron chi connectivity index (χ0n) is 14.3. The van der Waals surface area contributed by atoms with Gasteiger partial charge in [-0.2, -0.15) is 0 Å². The second kappa shape index (κ2) is 8.59. The van der Waals surface area contributed by atoms with Crippen molar-refractivity contribution in [1.29, 1.82) is 0 Å². The summed E-state index contributed by atoms with van der Waals surface area (Å²) in [5, 5.41) is 0.620. The molecule has 1 aliphatic heterocycles. The molecule has 1 amide bonds. The molecule has 0 spiro atoms. The van der Waals surface area contributed by atoms with Gasteiger partial charge in [0.05, 0.1) is 11.3 Å². The zero-order chi connectivity index (χ0) is 19.4. The maximum Gasteiger partial charge on any atom is 0.338 e. The van der Waals surface area contributed by atoms with Gasteiger partial charge in [0, 0.05) is 36.2 Å². The van der Waals surface area contributed by atoms with Crippen LogP contribution in [0.4, 0.5) is 10.1 Å². The zero-order valence-corrected chi connectivity index (χ0v) is 15.8. The molecule has 0 atom stereocenters. The molecule has 0 radical (unpaired) electrons. The molecule has 0 saturated carbocycles. The molecule has 0 aliphatic carbocycles. The van der Waals surface area contributed by atoms with Crippen molar-refractivity contribution < 1.29 is 18.7 Å². The summed E-state index contributed by atoms with van der Waals surface area (Å²) in [4.78, 5) is 27.8. The molecular weight excluding hydrogens is 394 g/mol. The monoisotopic (exact) mass is 410 g/mol. The van der Waals surface area contributed by atoms with Crippen molar-refractivity contribution >= 4 is 40.8 Å². The van der Waals surface area contributed by atoms with Crippen LogP contribution in [0, 0.1) is 5.82 Å². The number of benzene rings is 2. The van der Waals surface area contributed by atoms with Crippen LogP contribution in [0.5, 0.6) is 0 Å². The van der Waals surface area contributed by atoms with E-state index in [1.807, 2.05) is 4.90 Å². The third kappa shape index (κ3) is 4.90. The first kappa shape index (κ1) is 19.5.